The third-order valence-corrected chi connectivity index (χ3v) is 4.26. The van der Waals surface area contributed by atoms with Crippen molar-refractivity contribution in [2.24, 2.45) is 0 Å². The summed E-state index contributed by atoms with van der Waals surface area (Å²) in [5.41, 5.74) is 3.67. The Morgan fingerprint density at radius 2 is 1.75 bits per heavy atom. The summed E-state index contributed by atoms with van der Waals surface area (Å²) in [6, 6.07) is 16.3. The molecule has 0 aliphatic rings. The molecule has 1 N–H and O–H groups in total. The van der Waals surface area contributed by atoms with E-state index in [9.17, 15) is 4.79 Å². The first-order valence-electron chi connectivity index (χ1n) is 8.54. The normalized spacial score (nSPS) is 13.2. The van der Waals surface area contributed by atoms with Gasteiger partial charge in [0.2, 0.25) is 0 Å². The first kappa shape index (κ1) is 18.1. The van der Waals surface area contributed by atoms with Crippen LogP contribution in [0.2, 0.25) is 0 Å². The number of hydrogen-bond acceptors (Lipinski definition) is 2. The number of rotatable bonds is 7. The van der Waals surface area contributed by atoms with E-state index in [4.69, 9.17) is 4.74 Å². The molecule has 2 aromatic rings. The van der Waals surface area contributed by atoms with Gasteiger partial charge in [-0.15, -0.1) is 0 Å². The first-order valence-corrected chi connectivity index (χ1v) is 8.54. The zero-order valence-corrected chi connectivity index (χ0v) is 15.0. The van der Waals surface area contributed by atoms with Crippen LogP contribution in [0.25, 0.3) is 0 Å². The number of nitrogens with one attached hydrogen (secondary N) is 1. The van der Waals surface area contributed by atoms with Crippen LogP contribution in [0.4, 0.5) is 0 Å². The van der Waals surface area contributed by atoms with Crippen molar-refractivity contribution in [3.8, 4) is 5.75 Å². The Hall–Kier alpha value is -2.29. The highest BCUT2D eigenvalue weighted by Crippen LogP contribution is 2.17. The molecule has 2 atom stereocenters. The molecule has 0 heterocycles. The largest absolute Gasteiger partial charge is 0.481 e. The lowest BCUT2D eigenvalue weighted by molar-refractivity contribution is -0.127. The molecule has 0 unspecified atom stereocenters. The third kappa shape index (κ3) is 5.41. The first-order chi connectivity index (χ1) is 11.5. The second-order valence-electron chi connectivity index (χ2n) is 6.44. The van der Waals surface area contributed by atoms with E-state index in [1.807, 2.05) is 50.2 Å². The Morgan fingerprint density at radius 3 is 2.42 bits per heavy atom. The Morgan fingerprint density at radius 1 is 1.04 bits per heavy atom. The number of benzene rings is 2. The van der Waals surface area contributed by atoms with Crippen LogP contribution in [0, 0.1) is 13.8 Å². The lowest BCUT2D eigenvalue weighted by Gasteiger charge is -2.19. The molecule has 3 nitrogen and oxygen atoms in total. The van der Waals surface area contributed by atoms with E-state index in [0.29, 0.717) is 0 Å². The van der Waals surface area contributed by atoms with Crippen molar-refractivity contribution in [2.45, 2.75) is 52.7 Å². The van der Waals surface area contributed by atoms with Crippen molar-refractivity contribution in [1.82, 2.24) is 5.32 Å². The van der Waals surface area contributed by atoms with Crippen molar-refractivity contribution in [2.75, 3.05) is 0 Å². The standard InChI is InChI=1S/C21H27NO2/c1-15-10-13-20(14-16(15)2)24-18(4)21(23)22-17(3)11-12-19-8-6-5-7-9-19/h5-10,13-14,17-18H,11-12H2,1-4H3,(H,22,23)/t17-,18+/m0/s1. The maximum Gasteiger partial charge on any atom is 0.260 e. The highest BCUT2D eigenvalue weighted by Gasteiger charge is 2.17. The summed E-state index contributed by atoms with van der Waals surface area (Å²) >= 11 is 0. The minimum absolute atomic E-state index is 0.0752. The summed E-state index contributed by atoms with van der Waals surface area (Å²) in [6.07, 6.45) is 1.35. The predicted molar refractivity (Wildman–Crippen MR) is 98.4 cm³/mol. The monoisotopic (exact) mass is 325 g/mol. The van der Waals surface area contributed by atoms with Gasteiger partial charge in [-0.25, -0.2) is 0 Å². The molecular formula is C21H27NO2. The fraction of sp³-hybridized carbons (Fsp3) is 0.381. The van der Waals surface area contributed by atoms with E-state index in [1.165, 1.54) is 11.1 Å². The average molecular weight is 325 g/mol. The van der Waals surface area contributed by atoms with E-state index >= 15 is 0 Å². The number of ether oxygens (including phenoxy) is 1. The molecule has 2 aromatic carbocycles. The molecule has 24 heavy (non-hydrogen) atoms. The minimum atomic E-state index is -0.508. The van der Waals surface area contributed by atoms with Gasteiger partial charge in [-0.1, -0.05) is 36.4 Å². The second-order valence-corrected chi connectivity index (χ2v) is 6.44. The van der Waals surface area contributed by atoms with Crippen molar-refractivity contribution in [3.05, 3.63) is 65.2 Å². The molecule has 3 heteroatoms. The molecule has 0 saturated heterocycles. The summed E-state index contributed by atoms with van der Waals surface area (Å²) in [5.74, 6) is 0.659. The van der Waals surface area contributed by atoms with Gasteiger partial charge in [0.15, 0.2) is 6.10 Å². The van der Waals surface area contributed by atoms with Crippen LogP contribution in [0.5, 0.6) is 5.75 Å². The topological polar surface area (TPSA) is 38.3 Å². The highest BCUT2D eigenvalue weighted by molar-refractivity contribution is 5.80. The zero-order chi connectivity index (χ0) is 17.5. The van der Waals surface area contributed by atoms with E-state index in [-0.39, 0.29) is 11.9 Å². The van der Waals surface area contributed by atoms with Crippen LogP contribution < -0.4 is 10.1 Å². The van der Waals surface area contributed by atoms with Crippen molar-refractivity contribution in [3.63, 3.8) is 0 Å². The van der Waals surface area contributed by atoms with E-state index < -0.39 is 6.10 Å². The van der Waals surface area contributed by atoms with Crippen LogP contribution in [0.3, 0.4) is 0 Å². The van der Waals surface area contributed by atoms with Crippen LogP contribution in [-0.4, -0.2) is 18.1 Å². The smallest absolute Gasteiger partial charge is 0.260 e. The quantitative estimate of drug-likeness (QED) is 0.828. The number of amides is 1. The Labute approximate surface area is 145 Å². The Bertz CT molecular complexity index is 667. The molecular weight excluding hydrogens is 298 g/mol. The molecule has 0 aliphatic carbocycles. The van der Waals surface area contributed by atoms with Crippen LogP contribution in [-0.2, 0) is 11.2 Å². The second kappa shape index (κ2) is 8.53. The van der Waals surface area contributed by atoms with Gasteiger partial charge in [-0.05, 0) is 69.4 Å². The molecule has 0 aliphatic heterocycles. The van der Waals surface area contributed by atoms with E-state index in [2.05, 4.69) is 24.4 Å². The lowest BCUT2D eigenvalue weighted by atomic mass is 10.1. The Balaban J connectivity index is 1.80. The Kier molecular flexibility index (Phi) is 6.42. The molecule has 0 radical (unpaired) electrons. The lowest BCUT2D eigenvalue weighted by Crippen LogP contribution is -2.41. The molecule has 0 bridgehead atoms. The predicted octanol–water partition coefficient (Wildman–Crippen LogP) is 4.21. The highest BCUT2D eigenvalue weighted by atomic mass is 16.5. The SMILES string of the molecule is Cc1ccc(O[C@H](C)C(=O)N[C@@H](C)CCc2ccccc2)cc1C. The van der Waals surface area contributed by atoms with Gasteiger partial charge >= 0.3 is 0 Å². The summed E-state index contributed by atoms with van der Waals surface area (Å²) in [7, 11) is 0. The van der Waals surface area contributed by atoms with Gasteiger partial charge in [0.05, 0.1) is 0 Å². The molecule has 128 valence electrons. The molecule has 1 amide bonds. The minimum Gasteiger partial charge on any atom is -0.481 e. The average Bonchev–Trinajstić information content (AvgIpc) is 2.57. The molecule has 0 aromatic heterocycles. The molecule has 0 fully saturated rings. The fourth-order valence-electron chi connectivity index (χ4n) is 2.51. The van der Waals surface area contributed by atoms with Gasteiger partial charge < -0.3 is 10.1 Å². The summed E-state index contributed by atoms with van der Waals surface area (Å²) in [6.45, 7) is 7.92. The zero-order valence-electron chi connectivity index (χ0n) is 15.0. The van der Waals surface area contributed by atoms with Gasteiger partial charge in [0, 0.05) is 6.04 Å². The number of carbonyl (C=O) groups excluding carboxylic acids is 1. The summed E-state index contributed by atoms with van der Waals surface area (Å²) < 4.78 is 5.76. The van der Waals surface area contributed by atoms with Gasteiger partial charge in [-0.3, -0.25) is 4.79 Å². The number of hydrogen-bond donors (Lipinski definition) is 1. The number of aryl methyl sites for hydroxylation is 3. The third-order valence-electron chi connectivity index (χ3n) is 4.26. The maximum absolute atomic E-state index is 12.3. The van der Waals surface area contributed by atoms with Gasteiger partial charge in [-0.2, -0.15) is 0 Å². The van der Waals surface area contributed by atoms with Crippen molar-refractivity contribution < 1.29 is 9.53 Å². The summed E-state index contributed by atoms with van der Waals surface area (Å²) in [5, 5.41) is 3.03. The van der Waals surface area contributed by atoms with Crippen molar-refractivity contribution in [1.29, 1.82) is 0 Å². The van der Waals surface area contributed by atoms with E-state index in [1.54, 1.807) is 6.92 Å². The summed E-state index contributed by atoms with van der Waals surface area (Å²) in [4.78, 5) is 12.3. The van der Waals surface area contributed by atoms with Gasteiger partial charge in [0.25, 0.3) is 5.91 Å². The number of carbonyl (C=O) groups is 1. The fourth-order valence-corrected chi connectivity index (χ4v) is 2.51. The van der Waals surface area contributed by atoms with Crippen LogP contribution >= 0.6 is 0 Å². The van der Waals surface area contributed by atoms with Crippen LogP contribution in [0.15, 0.2) is 48.5 Å². The van der Waals surface area contributed by atoms with E-state index in [0.717, 1.165) is 24.2 Å². The van der Waals surface area contributed by atoms with Gasteiger partial charge in [0.1, 0.15) is 5.75 Å². The van der Waals surface area contributed by atoms with Crippen molar-refractivity contribution >= 4 is 5.91 Å². The van der Waals surface area contributed by atoms with Crippen LogP contribution in [0.1, 0.15) is 37.0 Å². The molecule has 0 saturated carbocycles. The maximum atomic E-state index is 12.3. The molecule has 2 rings (SSSR count). The molecule has 0 spiro atoms.